The highest BCUT2D eigenvalue weighted by Crippen LogP contribution is 2.37. The Bertz CT molecular complexity index is 894. The minimum atomic E-state index is -0.0655. The molecule has 6 heteroatoms. The molecule has 1 amide bonds. The molecule has 5 nitrogen and oxygen atoms in total. The molecule has 4 rings (SSSR count). The molecule has 1 saturated heterocycles. The second kappa shape index (κ2) is 5.87. The standard InChI is InChI=1S/C18H17N3O2S/c1-11(22)12-9-14(19-10-12)18(23)21-8-4-6-15(21)17-20-13-5-2-3-7-16(13)24-17/h2-3,5,7,9-10,15,19H,4,6,8H2,1H3/t15-/m0/s1. The maximum Gasteiger partial charge on any atom is 0.270 e. The van der Waals surface area contributed by atoms with Crippen molar-refractivity contribution in [3.05, 3.63) is 52.8 Å². The highest BCUT2D eigenvalue weighted by atomic mass is 32.1. The summed E-state index contributed by atoms with van der Waals surface area (Å²) in [4.78, 5) is 33.8. The number of aromatic nitrogens is 2. The zero-order chi connectivity index (χ0) is 16.7. The van der Waals surface area contributed by atoms with Crippen molar-refractivity contribution >= 4 is 33.2 Å². The molecule has 1 N–H and O–H groups in total. The number of rotatable bonds is 3. The smallest absolute Gasteiger partial charge is 0.270 e. The van der Waals surface area contributed by atoms with Crippen LogP contribution < -0.4 is 0 Å². The van der Waals surface area contributed by atoms with Crippen LogP contribution in [-0.4, -0.2) is 33.1 Å². The lowest BCUT2D eigenvalue weighted by molar-refractivity contribution is 0.0730. The summed E-state index contributed by atoms with van der Waals surface area (Å²) in [6, 6.07) is 9.69. The topological polar surface area (TPSA) is 66.1 Å². The maximum absolute atomic E-state index is 12.8. The van der Waals surface area contributed by atoms with Gasteiger partial charge in [-0.1, -0.05) is 12.1 Å². The van der Waals surface area contributed by atoms with Gasteiger partial charge in [-0.05, 0) is 38.0 Å². The Kier molecular flexibility index (Phi) is 3.69. The first-order valence-corrected chi connectivity index (χ1v) is 8.81. The van der Waals surface area contributed by atoms with Crippen molar-refractivity contribution in [2.75, 3.05) is 6.54 Å². The van der Waals surface area contributed by atoms with Gasteiger partial charge in [-0.15, -0.1) is 11.3 Å². The third-order valence-corrected chi connectivity index (χ3v) is 5.57. The molecule has 0 bridgehead atoms. The quantitative estimate of drug-likeness (QED) is 0.738. The molecule has 1 aromatic carbocycles. The van der Waals surface area contributed by atoms with Crippen molar-refractivity contribution in [1.82, 2.24) is 14.9 Å². The molecule has 1 fully saturated rings. The molecule has 24 heavy (non-hydrogen) atoms. The normalized spacial score (nSPS) is 17.5. The van der Waals surface area contributed by atoms with E-state index in [0.717, 1.165) is 28.1 Å². The number of para-hydroxylation sites is 1. The van der Waals surface area contributed by atoms with Gasteiger partial charge in [-0.25, -0.2) is 4.98 Å². The fourth-order valence-corrected chi connectivity index (χ4v) is 4.29. The number of hydrogen-bond acceptors (Lipinski definition) is 4. The second-order valence-electron chi connectivity index (χ2n) is 6.03. The van der Waals surface area contributed by atoms with E-state index in [9.17, 15) is 9.59 Å². The summed E-state index contributed by atoms with van der Waals surface area (Å²) in [6.45, 7) is 2.21. The van der Waals surface area contributed by atoms with Gasteiger partial charge in [-0.3, -0.25) is 9.59 Å². The van der Waals surface area contributed by atoms with Crippen LogP contribution in [0.25, 0.3) is 10.2 Å². The van der Waals surface area contributed by atoms with Crippen molar-refractivity contribution in [3.8, 4) is 0 Å². The summed E-state index contributed by atoms with van der Waals surface area (Å²) >= 11 is 1.65. The number of amides is 1. The Morgan fingerprint density at radius 2 is 2.17 bits per heavy atom. The number of aromatic amines is 1. The first-order chi connectivity index (χ1) is 11.6. The third kappa shape index (κ3) is 2.53. The van der Waals surface area contributed by atoms with Crippen LogP contribution in [0.3, 0.4) is 0 Å². The van der Waals surface area contributed by atoms with Gasteiger partial charge in [0.05, 0.1) is 16.3 Å². The van der Waals surface area contributed by atoms with Gasteiger partial charge >= 0.3 is 0 Å². The Balaban J connectivity index is 1.64. The van der Waals surface area contributed by atoms with E-state index in [1.165, 1.54) is 6.92 Å². The summed E-state index contributed by atoms with van der Waals surface area (Å²) in [5, 5.41) is 0.986. The summed E-state index contributed by atoms with van der Waals surface area (Å²) in [5.74, 6) is -0.112. The van der Waals surface area contributed by atoms with Crippen molar-refractivity contribution in [3.63, 3.8) is 0 Å². The Morgan fingerprint density at radius 3 is 2.92 bits per heavy atom. The van der Waals surface area contributed by atoms with Crippen molar-refractivity contribution in [2.45, 2.75) is 25.8 Å². The zero-order valence-corrected chi connectivity index (χ0v) is 14.1. The minimum Gasteiger partial charge on any atom is -0.356 e. The molecule has 0 aliphatic carbocycles. The molecular formula is C18H17N3O2S. The maximum atomic E-state index is 12.8. The Morgan fingerprint density at radius 1 is 1.33 bits per heavy atom. The molecule has 0 radical (unpaired) electrons. The average Bonchev–Trinajstić information content (AvgIpc) is 3.30. The molecule has 1 atom stereocenters. The molecule has 1 aliphatic heterocycles. The van der Waals surface area contributed by atoms with Crippen LogP contribution in [0.1, 0.15) is 51.7 Å². The van der Waals surface area contributed by atoms with Crippen LogP contribution >= 0.6 is 11.3 Å². The number of benzene rings is 1. The molecule has 3 aromatic rings. The third-order valence-electron chi connectivity index (χ3n) is 4.43. The predicted molar refractivity (Wildman–Crippen MR) is 93.4 cm³/mol. The second-order valence-corrected chi connectivity index (χ2v) is 7.10. The van der Waals surface area contributed by atoms with Crippen molar-refractivity contribution < 1.29 is 9.59 Å². The summed E-state index contributed by atoms with van der Waals surface area (Å²) < 4.78 is 1.14. The predicted octanol–water partition coefficient (Wildman–Crippen LogP) is 3.80. The van der Waals surface area contributed by atoms with Gasteiger partial charge in [0, 0.05) is 18.3 Å². The number of nitrogens with zero attached hydrogens (tertiary/aromatic N) is 2. The lowest BCUT2D eigenvalue weighted by Gasteiger charge is -2.22. The number of ketones is 1. The van der Waals surface area contributed by atoms with E-state index in [4.69, 9.17) is 4.98 Å². The fourth-order valence-electron chi connectivity index (χ4n) is 3.17. The summed E-state index contributed by atoms with van der Waals surface area (Å²) in [5.41, 5.74) is 1.98. The van der Waals surface area contributed by atoms with Crippen LogP contribution in [0.15, 0.2) is 36.5 Å². The van der Waals surface area contributed by atoms with E-state index in [2.05, 4.69) is 11.1 Å². The molecule has 3 heterocycles. The first-order valence-electron chi connectivity index (χ1n) is 7.99. The molecular weight excluding hydrogens is 322 g/mol. The van der Waals surface area contributed by atoms with E-state index >= 15 is 0 Å². The number of carbonyl (C=O) groups excluding carboxylic acids is 2. The highest BCUT2D eigenvalue weighted by Gasteiger charge is 2.33. The average molecular weight is 339 g/mol. The van der Waals surface area contributed by atoms with Gasteiger partial charge in [0.1, 0.15) is 10.7 Å². The zero-order valence-electron chi connectivity index (χ0n) is 13.3. The Hall–Kier alpha value is -2.47. The van der Waals surface area contributed by atoms with Crippen molar-refractivity contribution in [2.24, 2.45) is 0 Å². The van der Waals surface area contributed by atoms with Gasteiger partial charge in [0.25, 0.3) is 5.91 Å². The molecule has 0 spiro atoms. The number of carbonyl (C=O) groups is 2. The molecule has 1 aliphatic rings. The van der Waals surface area contributed by atoms with Gasteiger partial charge in [0.2, 0.25) is 0 Å². The van der Waals surface area contributed by atoms with Crippen LogP contribution in [0.5, 0.6) is 0 Å². The molecule has 0 unspecified atom stereocenters. The van der Waals surface area contributed by atoms with E-state index in [0.29, 0.717) is 17.8 Å². The van der Waals surface area contributed by atoms with Crippen LogP contribution in [0.2, 0.25) is 0 Å². The molecule has 0 saturated carbocycles. The first kappa shape index (κ1) is 15.1. The number of H-pyrrole nitrogens is 1. The molecule has 122 valence electrons. The SMILES string of the molecule is CC(=O)c1c[nH]c(C(=O)N2CCC[C@H]2c2nc3ccccc3s2)c1. The van der Waals surface area contributed by atoms with Crippen molar-refractivity contribution in [1.29, 1.82) is 0 Å². The molecule has 2 aromatic heterocycles. The van der Waals surface area contributed by atoms with E-state index in [1.54, 1.807) is 23.6 Å². The van der Waals surface area contributed by atoms with E-state index in [1.807, 2.05) is 23.1 Å². The largest absolute Gasteiger partial charge is 0.356 e. The number of fused-ring (bicyclic) bond motifs is 1. The monoisotopic (exact) mass is 339 g/mol. The van der Waals surface area contributed by atoms with Gasteiger partial charge < -0.3 is 9.88 Å². The van der Waals surface area contributed by atoms with E-state index < -0.39 is 0 Å². The highest BCUT2D eigenvalue weighted by molar-refractivity contribution is 7.18. The van der Waals surface area contributed by atoms with E-state index in [-0.39, 0.29) is 17.7 Å². The number of thiazole rings is 1. The summed E-state index contributed by atoms with van der Waals surface area (Å²) in [7, 11) is 0. The van der Waals surface area contributed by atoms with Gasteiger partial charge in [-0.2, -0.15) is 0 Å². The Labute approximate surface area is 143 Å². The van der Waals surface area contributed by atoms with Gasteiger partial charge in [0.15, 0.2) is 5.78 Å². The number of hydrogen-bond donors (Lipinski definition) is 1. The minimum absolute atomic E-state index is 0.0129. The summed E-state index contributed by atoms with van der Waals surface area (Å²) in [6.07, 6.45) is 3.48. The van der Waals surface area contributed by atoms with Crippen LogP contribution in [0, 0.1) is 0 Å². The number of nitrogens with one attached hydrogen (secondary N) is 1. The van der Waals surface area contributed by atoms with Crippen LogP contribution in [-0.2, 0) is 0 Å². The lowest BCUT2D eigenvalue weighted by Crippen LogP contribution is -2.30. The van der Waals surface area contributed by atoms with Crippen LogP contribution in [0.4, 0.5) is 0 Å². The lowest BCUT2D eigenvalue weighted by atomic mass is 10.2. The number of Topliss-reactive ketones (excluding diaryl/α,β-unsaturated/α-hetero) is 1. The fraction of sp³-hybridized carbons (Fsp3) is 0.278. The number of likely N-dealkylation sites (tertiary alicyclic amines) is 1.